The van der Waals surface area contributed by atoms with Gasteiger partial charge in [0.05, 0.1) is 36.2 Å². The number of aromatic nitrogens is 5. The summed E-state index contributed by atoms with van der Waals surface area (Å²) in [5.74, 6) is -0.959. The van der Waals surface area contributed by atoms with Crippen molar-refractivity contribution in [1.29, 1.82) is 0 Å². The van der Waals surface area contributed by atoms with Gasteiger partial charge in [-0.25, -0.2) is 9.07 Å². The molecule has 13 heteroatoms. The average Bonchev–Trinajstić information content (AvgIpc) is 3.23. The highest BCUT2D eigenvalue weighted by Gasteiger charge is 2.34. The fourth-order valence-corrected chi connectivity index (χ4v) is 4.74. The smallest absolute Gasteiger partial charge is 0.362 e. The molecule has 186 valence electrons. The van der Waals surface area contributed by atoms with Crippen LogP contribution in [0.15, 0.2) is 29.2 Å². The Morgan fingerprint density at radius 2 is 2.06 bits per heavy atom. The topological polar surface area (TPSA) is 78.1 Å². The van der Waals surface area contributed by atoms with Gasteiger partial charge in [0.25, 0.3) is 5.56 Å². The third-order valence-electron chi connectivity index (χ3n) is 6.27. The number of hydrogen-bond acceptors (Lipinski definition) is 6. The van der Waals surface area contributed by atoms with Gasteiger partial charge in [-0.2, -0.15) is 23.0 Å². The molecule has 1 unspecified atom stereocenters. The van der Waals surface area contributed by atoms with Crippen molar-refractivity contribution in [2.45, 2.75) is 51.2 Å². The van der Waals surface area contributed by atoms with Crippen molar-refractivity contribution in [3.63, 3.8) is 0 Å². The molecule has 1 aromatic carbocycles. The van der Waals surface area contributed by atoms with Crippen LogP contribution in [0.25, 0.3) is 0 Å². The summed E-state index contributed by atoms with van der Waals surface area (Å²) >= 11 is 6.41. The zero-order chi connectivity index (χ0) is 24.7. The van der Waals surface area contributed by atoms with Crippen molar-refractivity contribution in [2.24, 2.45) is 0 Å². The van der Waals surface area contributed by atoms with Crippen LogP contribution < -0.4 is 10.5 Å². The van der Waals surface area contributed by atoms with E-state index in [2.05, 4.69) is 15.4 Å². The average molecular weight is 513 g/mol. The number of nitrogens with zero attached hydrogens (tertiary/aromatic N) is 6. The molecule has 0 spiro atoms. The first kappa shape index (κ1) is 23.7. The zero-order valence-electron chi connectivity index (χ0n) is 18.4. The van der Waals surface area contributed by atoms with Gasteiger partial charge in [-0.3, -0.25) is 4.79 Å². The summed E-state index contributed by atoms with van der Waals surface area (Å²) in [7, 11) is 0. The summed E-state index contributed by atoms with van der Waals surface area (Å²) in [6, 6.07) is 2.58. The van der Waals surface area contributed by atoms with Crippen molar-refractivity contribution >= 4 is 17.3 Å². The van der Waals surface area contributed by atoms with Crippen LogP contribution in [-0.4, -0.2) is 37.9 Å². The second kappa shape index (κ2) is 9.23. The second-order valence-electron chi connectivity index (χ2n) is 8.53. The number of halogens is 5. The van der Waals surface area contributed by atoms with Crippen LogP contribution in [0.5, 0.6) is 0 Å². The van der Waals surface area contributed by atoms with E-state index in [9.17, 15) is 22.4 Å². The Hall–Kier alpha value is -2.99. The molecule has 3 aromatic rings. The minimum atomic E-state index is -4.69. The third kappa shape index (κ3) is 4.64. The molecule has 0 aliphatic carbocycles. The van der Waals surface area contributed by atoms with Gasteiger partial charge in [0.2, 0.25) is 0 Å². The maximum Gasteiger partial charge on any atom is 0.416 e. The fourth-order valence-electron chi connectivity index (χ4n) is 4.49. The highest BCUT2D eigenvalue weighted by molar-refractivity contribution is 6.33. The van der Waals surface area contributed by atoms with E-state index in [0.29, 0.717) is 49.1 Å². The molecular formula is C22H21ClF4N6O2. The minimum Gasteiger partial charge on any atom is -0.362 e. The Bertz CT molecular complexity index is 1300. The van der Waals surface area contributed by atoms with E-state index in [1.54, 1.807) is 0 Å². The molecule has 2 aliphatic rings. The van der Waals surface area contributed by atoms with Crippen LogP contribution in [0, 0.1) is 5.82 Å². The van der Waals surface area contributed by atoms with E-state index in [0.717, 1.165) is 25.0 Å². The van der Waals surface area contributed by atoms with Gasteiger partial charge in [0, 0.05) is 19.6 Å². The van der Waals surface area contributed by atoms with Gasteiger partial charge < -0.3 is 9.64 Å². The molecule has 2 aromatic heterocycles. The summed E-state index contributed by atoms with van der Waals surface area (Å²) in [6.07, 6.45) is -0.646. The molecule has 0 N–H and O–H groups in total. The van der Waals surface area contributed by atoms with Gasteiger partial charge >= 0.3 is 6.18 Å². The van der Waals surface area contributed by atoms with E-state index in [1.807, 2.05) is 4.90 Å². The molecule has 2 aliphatic heterocycles. The van der Waals surface area contributed by atoms with Crippen molar-refractivity contribution < 1.29 is 22.3 Å². The lowest BCUT2D eigenvalue weighted by molar-refractivity contribution is -0.138. The molecule has 5 rings (SSSR count). The monoisotopic (exact) mass is 512 g/mol. The van der Waals surface area contributed by atoms with Crippen molar-refractivity contribution in [3.8, 4) is 0 Å². The quantitative estimate of drug-likeness (QED) is 0.493. The molecular weight excluding hydrogens is 492 g/mol. The number of alkyl halides is 3. The van der Waals surface area contributed by atoms with Crippen LogP contribution in [0.2, 0.25) is 5.02 Å². The summed E-state index contributed by atoms with van der Waals surface area (Å²) in [5, 5.41) is 12.4. The first-order valence-corrected chi connectivity index (χ1v) is 11.5. The van der Waals surface area contributed by atoms with Crippen LogP contribution in [0.1, 0.15) is 48.0 Å². The van der Waals surface area contributed by atoms with Crippen molar-refractivity contribution in [2.75, 3.05) is 18.1 Å². The van der Waals surface area contributed by atoms with Crippen LogP contribution in [0.3, 0.4) is 0 Å². The summed E-state index contributed by atoms with van der Waals surface area (Å²) in [4.78, 5) is 14.7. The van der Waals surface area contributed by atoms with Gasteiger partial charge in [-0.15, -0.1) is 5.10 Å². The second-order valence-corrected chi connectivity index (χ2v) is 8.90. The Kier molecular flexibility index (Phi) is 6.26. The molecule has 8 nitrogen and oxygen atoms in total. The Morgan fingerprint density at radius 3 is 2.80 bits per heavy atom. The predicted molar refractivity (Wildman–Crippen MR) is 118 cm³/mol. The molecule has 0 radical (unpaired) electrons. The highest BCUT2D eigenvalue weighted by atomic mass is 35.5. The maximum atomic E-state index is 13.4. The number of hydrogen-bond donors (Lipinski definition) is 0. The molecule has 1 fully saturated rings. The summed E-state index contributed by atoms with van der Waals surface area (Å²) in [6.45, 7) is 1.05. The van der Waals surface area contributed by atoms with E-state index >= 15 is 0 Å². The van der Waals surface area contributed by atoms with Gasteiger partial charge in [0.1, 0.15) is 16.5 Å². The standard InChI is InChI=1S/C22H21ClF4N6O2/c23-20-18(10-28-33(21(20)34)19-3-1-2-8-35-19)31-7-6-17-16(12-31)29-30-32(17)11-13-4-5-14(24)9-15(13)22(25,26)27/h4-5,9-10,19H,1-3,6-8,11-12H2. The van der Waals surface area contributed by atoms with Crippen LogP contribution in [0.4, 0.5) is 23.2 Å². The van der Waals surface area contributed by atoms with Crippen molar-refractivity contribution in [3.05, 3.63) is 68.1 Å². The molecule has 1 atom stereocenters. The number of benzene rings is 1. The van der Waals surface area contributed by atoms with Crippen LogP contribution in [-0.2, 0) is 30.4 Å². The Morgan fingerprint density at radius 1 is 1.23 bits per heavy atom. The molecule has 0 saturated carbocycles. The Balaban J connectivity index is 1.37. The van der Waals surface area contributed by atoms with E-state index in [4.69, 9.17) is 16.3 Å². The SMILES string of the molecule is O=c1c(Cl)c(N2CCc3c(nnn3Cc3ccc(F)cc3C(F)(F)F)C2)cnn1C1CCCCO1. The molecule has 35 heavy (non-hydrogen) atoms. The van der Waals surface area contributed by atoms with E-state index in [-0.39, 0.29) is 23.7 Å². The van der Waals surface area contributed by atoms with E-state index in [1.165, 1.54) is 15.6 Å². The van der Waals surface area contributed by atoms with Crippen molar-refractivity contribution in [1.82, 2.24) is 24.8 Å². The molecule has 4 heterocycles. The van der Waals surface area contributed by atoms with Gasteiger partial charge in [-0.05, 0) is 37.0 Å². The normalized spacial score (nSPS) is 18.5. The highest BCUT2D eigenvalue weighted by Crippen LogP contribution is 2.34. The number of anilines is 1. The van der Waals surface area contributed by atoms with Crippen LogP contribution >= 0.6 is 11.6 Å². The minimum absolute atomic E-state index is 0.0196. The number of rotatable bonds is 4. The fraction of sp³-hybridized carbons (Fsp3) is 0.455. The molecule has 0 amide bonds. The predicted octanol–water partition coefficient (Wildman–Crippen LogP) is 3.96. The lowest BCUT2D eigenvalue weighted by atomic mass is 10.1. The first-order valence-electron chi connectivity index (χ1n) is 11.1. The van der Waals surface area contributed by atoms with Gasteiger partial charge in [0.15, 0.2) is 6.23 Å². The molecule has 1 saturated heterocycles. The summed E-state index contributed by atoms with van der Waals surface area (Å²) < 4.78 is 61.9. The largest absolute Gasteiger partial charge is 0.416 e. The number of ether oxygens (including phenoxy) is 1. The van der Waals surface area contributed by atoms with E-state index < -0.39 is 29.3 Å². The lowest BCUT2D eigenvalue weighted by Crippen LogP contribution is -2.36. The summed E-state index contributed by atoms with van der Waals surface area (Å²) in [5.41, 5.74) is 0.0900. The lowest BCUT2D eigenvalue weighted by Gasteiger charge is -2.29. The third-order valence-corrected chi connectivity index (χ3v) is 6.62. The number of fused-ring (bicyclic) bond motifs is 1. The van der Waals surface area contributed by atoms with Gasteiger partial charge in [-0.1, -0.05) is 22.9 Å². The first-order chi connectivity index (χ1) is 16.7. The Labute approximate surface area is 202 Å². The molecule has 0 bridgehead atoms. The maximum absolute atomic E-state index is 13.4. The zero-order valence-corrected chi connectivity index (χ0v) is 19.2.